The number of hydrogen-bond donors (Lipinski definition) is 1. The first-order valence-electron chi connectivity index (χ1n) is 7.73. The van der Waals surface area contributed by atoms with Crippen LogP contribution < -0.4 is 5.32 Å². The van der Waals surface area contributed by atoms with Crippen molar-refractivity contribution in [2.45, 2.75) is 70.6 Å². The molecule has 0 amide bonds. The molecule has 0 saturated carbocycles. The van der Waals surface area contributed by atoms with Crippen molar-refractivity contribution in [1.29, 1.82) is 0 Å². The first-order valence-corrected chi connectivity index (χ1v) is 7.73. The lowest BCUT2D eigenvalue weighted by molar-refractivity contribution is 0.0746. The lowest BCUT2D eigenvalue weighted by Gasteiger charge is -2.45. The van der Waals surface area contributed by atoms with Gasteiger partial charge >= 0.3 is 0 Å². The van der Waals surface area contributed by atoms with E-state index in [-0.39, 0.29) is 0 Å². The summed E-state index contributed by atoms with van der Waals surface area (Å²) >= 11 is 0. The Balaban J connectivity index is 1.72. The predicted molar refractivity (Wildman–Crippen MR) is 75.9 cm³/mol. The van der Waals surface area contributed by atoms with Crippen molar-refractivity contribution in [2.24, 2.45) is 0 Å². The third-order valence-corrected chi connectivity index (χ3v) is 4.78. The van der Waals surface area contributed by atoms with Crippen LogP contribution in [-0.4, -0.2) is 48.8 Å². The maximum atomic E-state index is 5.70. The number of hydrogen-bond acceptors (Lipinski definition) is 3. The van der Waals surface area contributed by atoms with Crippen LogP contribution in [0.25, 0.3) is 0 Å². The molecule has 3 nitrogen and oxygen atoms in total. The van der Waals surface area contributed by atoms with Gasteiger partial charge in [-0.3, -0.25) is 4.90 Å². The molecule has 2 aliphatic heterocycles. The Labute approximate surface area is 112 Å². The Kier molecular flexibility index (Phi) is 5.05. The molecule has 2 saturated heterocycles. The minimum Gasteiger partial charge on any atom is -0.378 e. The molecule has 0 radical (unpaired) electrons. The van der Waals surface area contributed by atoms with Gasteiger partial charge in [0.25, 0.3) is 0 Å². The van der Waals surface area contributed by atoms with Crippen molar-refractivity contribution in [3.8, 4) is 0 Å². The van der Waals surface area contributed by atoms with E-state index < -0.39 is 0 Å². The van der Waals surface area contributed by atoms with E-state index in [4.69, 9.17) is 4.74 Å². The zero-order chi connectivity index (χ0) is 13.0. The van der Waals surface area contributed by atoms with Gasteiger partial charge in [-0.15, -0.1) is 0 Å². The average Bonchev–Trinajstić information content (AvgIpc) is 2.87. The maximum Gasteiger partial charge on any atom is 0.0576 e. The van der Waals surface area contributed by atoms with Gasteiger partial charge in [-0.1, -0.05) is 6.92 Å². The molecule has 0 bridgehead atoms. The van der Waals surface area contributed by atoms with Gasteiger partial charge in [0.1, 0.15) is 0 Å². The molecule has 3 heteroatoms. The van der Waals surface area contributed by atoms with Crippen molar-refractivity contribution in [3.63, 3.8) is 0 Å². The molecule has 0 spiro atoms. The van der Waals surface area contributed by atoms with Crippen LogP contribution in [-0.2, 0) is 4.74 Å². The topological polar surface area (TPSA) is 24.5 Å². The highest BCUT2D eigenvalue weighted by Crippen LogP contribution is 2.21. The smallest absolute Gasteiger partial charge is 0.0576 e. The predicted octanol–water partition coefficient (Wildman–Crippen LogP) is 2.41. The Morgan fingerprint density at radius 3 is 2.94 bits per heavy atom. The Morgan fingerprint density at radius 2 is 2.28 bits per heavy atom. The molecule has 2 fully saturated rings. The van der Waals surface area contributed by atoms with Crippen LogP contribution in [0.3, 0.4) is 0 Å². The van der Waals surface area contributed by atoms with Gasteiger partial charge in [-0.05, 0) is 52.5 Å². The summed E-state index contributed by atoms with van der Waals surface area (Å²) < 4.78 is 5.70. The van der Waals surface area contributed by atoms with Gasteiger partial charge in [-0.25, -0.2) is 0 Å². The van der Waals surface area contributed by atoms with Crippen molar-refractivity contribution in [3.05, 3.63) is 0 Å². The van der Waals surface area contributed by atoms with Crippen molar-refractivity contribution in [2.75, 3.05) is 26.2 Å². The number of nitrogens with one attached hydrogen (secondary N) is 1. The number of rotatable bonds is 5. The zero-order valence-electron chi connectivity index (χ0n) is 12.4. The van der Waals surface area contributed by atoms with Crippen LogP contribution in [0.1, 0.15) is 52.9 Å². The highest BCUT2D eigenvalue weighted by molar-refractivity contribution is 4.92. The van der Waals surface area contributed by atoms with E-state index in [2.05, 4.69) is 31.0 Å². The molecular weight excluding hydrogens is 224 g/mol. The van der Waals surface area contributed by atoms with E-state index in [1.165, 1.54) is 45.2 Å². The summed E-state index contributed by atoms with van der Waals surface area (Å²) in [6, 6.07) is 0.675. The molecular formula is C15H30N2O. The third kappa shape index (κ3) is 3.69. The minimum atomic E-state index is 0.316. The van der Waals surface area contributed by atoms with Crippen LogP contribution in [0.5, 0.6) is 0 Å². The normalized spacial score (nSPS) is 38.2. The van der Waals surface area contributed by atoms with E-state index in [9.17, 15) is 0 Å². The third-order valence-electron chi connectivity index (χ3n) is 4.78. The molecule has 3 atom stereocenters. The molecule has 106 valence electrons. The lowest BCUT2D eigenvalue weighted by atomic mass is 9.93. The fraction of sp³-hybridized carbons (Fsp3) is 1.00. The minimum absolute atomic E-state index is 0.316. The Hall–Kier alpha value is -0.120. The summed E-state index contributed by atoms with van der Waals surface area (Å²) in [4.78, 5) is 2.66. The molecule has 2 heterocycles. The molecule has 18 heavy (non-hydrogen) atoms. The summed E-state index contributed by atoms with van der Waals surface area (Å²) in [5.41, 5.74) is 0.316. The summed E-state index contributed by atoms with van der Waals surface area (Å²) in [5, 5.41) is 3.69. The monoisotopic (exact) mass is 254 g/mol. The number of nitrogens with zero attached hydrogens (tertiary/aromatic N) is 1. The summed E-state index contributed by atoms with van der Waals surface area (Å²) in [5.74, 6) is 0. The second-order valence-electron chi connectivity index (χ2n) is 6.39. The van der Waals surface area contributed by atoms with Crippen molar-refractivity contribution < 1.29 is 4.74 Å². The molecule has 0 aliphatic carbocycles. The number of piperazine rings is 1. The number of ether oxygens (including phenoxy) is 1. The standard InChI is InChI=1S/C15H30N2O/c1-4-15(3)12-17(13(2)11-16-15)9-5-7-14-8-6-10-18-14/h13-14,16H,4-12H2,1-3H3. The van der Waals surface area contributed by atoms with E-state index in [0.29, 0.717) is 17.7 Å². The summed E-state index contributed by atoms with van der Waals surface area (Å²) in [6.45, 7) is 11.5. The maximum absolute atomic E-state index is 5.70. The SMILES string of the molecule is CCC1(C)CN(CCCC2CCCO2)C(C)CN1. The highest BCUT2D eigenvalue weighted by Gasteiger charge is 2.32. The quantitative estimate of drug-likeness (QED) is 0.815. The molecule has 0 aromatic rings. The molecule has 2 aliphatic rings. The van der Waals surface area contributed by atoms with Gasteiger partial charge < -0.3 is 10.1 Å². The van der Waals surface area contributed by atoms with Crippen LogP contribution >= 0.6 is 0 Å². The molecule has 3 unspecified atom stereocenters. The van der Waals surface area contributed by atoms with E-state index in [1.807, 2.05) is 0 Å². The lowest BCUT2D eigenvalue weighted by Crippen LogP contribution is -2.61. The van der Waals surface area contributed by atoms with Crippen molar-refractivity contribution in [1.82, 2.24) is 10.2 Å². The van der Waals surface area contributed by atoms with Crippen LogP contribution in [0.4, 0.5) is 0 Å². The second-order valence-corrected chi connectivity index (χ2v) is 6.39. The Bertz CT molecular complexity index is 253. The fourth-order valence-corrected chi connectivity index (χ4v) is 3.11. The summed E-state index contributed by atoms with van der Waals surface area (Å²) in [6.07, 6.45) is 6.85. The second kappa shape index (κ2) is 6.36. The first kappa shape index (κ1) is 14.3. The van der Waals surface area contributed by atoms with Crippen LogP contribution in [0.2, 0.25) is 0 Å². The Morgan fingerprint density at radius 1 is 1.44 bits per heavy atom. The fourth-order valence-electron chi connectivity index (χ4n) is 3.11. The van der Waals surface area contributed by atoms with Gasteiger partial charge in [0.2, 0.25) is 0 Å². The molecule has 0 aromatic carbocycles. The van der Waals surface area contributed by atoms with Gasteiger partial charge in [-0.2, -0.15) is 0 Å². The highest BCUT2D eigenvalue weighted by atomic mass is 16.5. The van der Waals surface area contributed by atoms with Gasteiger partial charge in [0, 0.05) is 31.3 Å². The van der Waals surface area contributed by atoms with Crippen LogP contribution in [0.15, 0.2) is 0 Å². The average molecular weight is 254 g/mol. The summed E-state index contributed by atoms with van der Waals surface area (Å²) in [7, 11) is 0. The molecule has 2 rings (SSSR count). The van der Waals surface area contributed by atoms with E-state index in [1.54, 1.807) is 0 Å². The largest absolute Gasteiger partial charge is 0.378 e. The molecule has 0 aromatic heterocycles. The van der Waals surface area contributed by atoms with Crippen molar-refractivity contribution >= 4 is 0 Å². The van der Waals surface area contributed by atoms with E-state index in [0.717, 1.165) is 13.2 Å². The van der Waals surface area contributed by atoms with Crippen LogP contribution in [0, 0.1) is 0 Å². The van der Waals surface area contributed by atoms with E-state index >= 15 is 0 Å². The van der Waals surface area contributed by atoms with Gasteiger partial charge in [0.05, 0.1) is 6.10 Å². The molecule has 1 N–H and O–H groups in total. The zero-order valence-corrected chi connectivity index (χ0v) is 12.4. The first-order chi connectivity index (χ1) is 8.63. The van der Waals surface area contributed by atoms with Gasteiger partial charge in [0.15, 0.2) is 0 Å².